The van der Waals surface area contributed by atoms with Crippen LogP contribution in [0.4, 0.5) is 10.7 Å². The van der Waals surface area contributed by atoms with Crippen LogP contribution in [-0.4, -0.2) is 56.2 Å². The van der Waals surface area contributed by atoms with Gasteiger partial charge in [-0.3, -0.25) is 9.78 Å². The number of hydrogen-bond acceptors (Lipinski definition) is 7. The van der Waals surface area contributed by atoms with Crippen LogP contribution in [0.3, 0.4) is 0 Å². The second-order valence-corrected chi connectivity index (χ2v) is 5.98. The number of aromatic amines is 1. The average Bonchev–Trinajstić information content (AvgIpc) is 2.92. The summed E-state index contributed by atoms with van der Waals surface area (Å²) in [7, 11) is 1.87. The van der Waals surface area contributed by atoms with Crippen LogP contribution in [0.2, 0.25) is 0 Å². The molecule has 0 bridgehead atoms. The number of thioether (sulfide) groups is 1. The molecule has 4 N–H and O–H groups in total. The molecule has 10 nitrogen and oxygen atoms in total. The first-order chi connectivity index (χ1) is 11.5. The molecule has 2 heterocycles. The molecule has 0 atom stereocenters. The Morgan fingerprint density at radius 1 is 1.33 bits per heavy atom. The topological polar surface area (TPSA) is 130 Å². The standard InChI is InChI=1S/C13H20N8O2S/c1-9-7-10(22)19-11(18-9)14-3-4-15-12(23)16-5-6-24-13-20-17-8-21(13)2/h7-8H,3-6H2,1-2H3,(H2,15,16,23)(H2,14,18,19,22). The first kappa shape index (κ1) is 17.8. The summed E-state index contributed by atoms with van der Waals surface area (Å²) in [4.78, 5) is 29.6. The highest BCUT2D eigenvalue weighted by molar-refractivity contribution is 7.99. The van der Waals surface area contributed by atoms with Crippen LogP contribution in [0.15, 0.2) is 22.3 Å². The minimum absolute atomic E-state index is 0.212. The van der Waals surface area contributed by atoms with Gasteiger partial charge in [0.2, 0.25) is 5.95 Å². The van der Waals surface area contributed by atoms with E-state index in [0.29, 0.717) is 37.0 Å². The summed E-state index contributed by atoms with van der Waals surface area (Å²) in [5, 5.41) is 16.9. The zero-order valence-electron chi connectivity index (χ0n) is 13.5. The van der Waals surface area contributed by atoms with Crippen LogP contribution in [0.25, 0.3) is 0 Å². The fourth-order valence-electron chi connectivity index (χ4n) is 1.79. The first-order valence-electron chi connectivity index (χ1n) is 7.35. The molecular weight excluding hydrogens is 332 g/mol. The second-order valence-electron chi connectivity index (χ2n) is 4.92. The van der Waals surface area contributed by atoms with Gasteiger partial charge in [-0.2, -0.15) is 0 Å². The number of amides is 2. The van der Waals surface area contributed by atoms with Gasteiger partial charge in [-0.1, -0.05) is 11.8 Å². The van der Waals surface area contributed by atoms with Crippen LogP contribution in [-0.2, 0) is 7.05 Å². The van der Waals surface area contributed by atoms with Gasteiger partial charge in [0.25, 0.3) is 5.56 Å². The molecule has 0 aliphatic carbocycles. The third-order valence-electron chi connectivity index (χ3n) is 2.86. The van der Waals surface area contributed by atoms with Crippen LogP contribution >= 0.6 is 11.8 Å². The van der Waals surface area contributed by atoms with Crippen molar-refractivity contribution in [2.75, 3.05) is 30.7 Å². The molecular formula is C13H20N8O2S. The predicted octanol–water partition coefficient (Wildman–Crippen LogP) is -0.290. The van der Waals surface area contributed by atoms with Crippen molar-refractivity contribution in [3.8, 4) is 0 Å². The number of carbonyl (C=O) groups is 1. The molecule has 2 aromatic heterocycles. The fourth-order valence-corrected chi connectivity index (χ4v) is 2.53. The van der Waals surface area contributed by atoms with E-state index in [0.717, 1.165) is 5.16 Å². The van der Waals surface area contributed by atoms with E-state index in [9.17, 15) is 9.59 Å². The molecule has 0 unspecified atom stereocenters. The summed E-state index contributed by atoms with van der Waals surface area (Å²) in [5.41, 5.74) is 0.420. The summed E-state index contributed by atoms with van der Waals surface area (Å²) >= 11 is 1.52. The molecule has 0 saturated heterocycles. The van der Waals surface area contributed by atoms with Gasteiger partial charge < -0.3 is 20.5 Å². The molecule has 0 aliphatic rings. The maximum absolute atomic E-state index is 11.6. The van der Waals surface area contributed by atoms with E-state index < -0.39 is 0 Å². The summed E-state index contributed by atoms with van der Waals surface area (Å²) in [6, 6.07) is 1.16. The number of nitrogens with one attached hydrogen (secondary N) is 4. The molecule has 0 fully saturated rings. The van der Waals surface area contributed by atoms with Gasteiger partial charge in [-0.05, 0) is 6.92 Å². The van der Waals surface area contributed by atoms with Crippen molar-refractivity contribution in [1.82, 2.24) is 35.4 Å². The maximum atomic E-state index is 11.6. The van der Waals surface area contributed by atoms with Crippen molar-refractivity contribution < 1.29 is 4.79 Å². The zero-order valence-corrected chi connectivity index (χ0v) is 14.3. The van der Waals surface area contributed by atoms with Crippen molar-refractivity contribution in [1.29, 1.82) is 0 Å². The molecule has 2 amide bonds. The lowest BCUT2D eigenvalue weighted by Crippen LogP contribution is -2.39. The van der Waals surface area contributed by atoms with Crippen LogP contribution in [0.5, 0.6) is 0 Å². The number of anilines is 1. The third kappa shape index (κ3) is 5.91. The Hall–Kier alpha value is -2.56. The number of hydrogen-bond donors (Lipinski definition) is 4. The van der Waals surface area contributed by atoms with Crippen molar-refractivity contribution in [2.45, 2.75) is 12.1 Å². The van der Waals surface area contributed by atoms with E-state index in [-0.39, 0.29) is 11.6 Å². The molecule has 0 aliphatic heterocycles. The van der Waals surface area contributed by atoms with E-state index in [4.69, 9.17) is 0 Å². The second kappa shape index (κ2) is 8.91. The number of H-pyrrole nitrogens is 1. The van der Waals surface area contributed by atoms with Crippen LogP contribution in [0.1, 0.15) is 5.69 Å². The quantitative estimate of drug-likeness (QED) is 0.379. The molecule has 0 radical (unpaired) electrons. The van der Waals surface area contributed by atoms with Gasteiger partial charge in [-0.15, -0.1) is 10.2 Å². The number of carbonyl (C=O) groups excluding carboxylic acids is 1. The Morgan fingerprint density at radius 3 is 2.83 bits per heavy atom. The number of nitrogens with zero attached hydrogens (tertiary/aromatic N) is 4. The van der Waals surface area contributed by atoms with Crippen LogP contribution in [0, 0.1) is 6.92 Å². The van der Waals surface area contributed by atoms with Crippen molar-refractivity contribution in [3.05, 3.63) is 28.4 Å². The van der Waals surface area contributed by atoms with Crippen molar-refractivity contribution in [2.24, 2.45) is 7.05 Å². The minimum Gasteiger partial charge on any atom is -0.354 e. The lowest BCUT2D eigenvalue weighted by atomic mass is 10.4. The monoisotopic (exact) mass is 352 g/mol. The number of aromatic nitrogens is 5. The Balaban J connectivity index is 1.56. The molecule has 0 saturated carbocycles. The Labute approximate surface area is 142 Å². The van der Waals surface area contributed by atoms with Gasteiger partial charge in [0.1, 0.15) is 6.33 Å². The molecule has 130 valence electrons. The number of aryl methyl sites for hydroxylation is 2. The Bertz CT molecular complexity index is 729. The summed E-state index contributed by atoms with van der Waals surface area (Å²) < 4.78 is 1.82. The molecule has 0 spiro atoms. The molecule has 0 aromatic carbocycles. The Kier molecular flexibility index (Phi) is 6.61. The Morgan fingerprint density at radius 2 is 2.12 bits per heavy atom. The van der Waals surface area contributed by atoms with Crippen molar-refractivity contribution >= 4 is 23.7 Å². The normalized spacial score (nSPS) is 10.4. The number of urea groups is 1. The van der Waals surface area contributed by atoms with Gasteiger partial charge in [-0.25, -0.2) is 9.78 Å². The van der Waals surface area contributed by atoms with E-state index >= 15 is 0 Å². The SMILES string of the molecule is Cc1cc(=O)[nH]c(NCCNC(=O)NCCSc2nncn2C)n1. The maximum Gasteiger partial charge on any atom is 0.314 e. The van der Waals surface area contributed by atoms with Gasteiger partial charge in [0, 0.05) is 44.2 Å². The summed E-state index contributed by atoms with van der Waals surface area (Å²) in [6.07, 6.45) is 1.63. The van der Waals surface area contributed by atoms with Crippen LogP contribution < -0.4 is 21.5 Å². The highest BCUT2D eigenvalue weighted by Gasteiger charge is 2.03. The predicted molar refractivity (Wildman–Crippen MR) is 91.2 cm³/mol. The van der Waals surface area contributed by atoms with E-state index in [1.165, 1.54) is 17.8 Å². The molecule has 24 heavy (non-hydrogen) atoms. The number of rotatable bonds is 8. The molecule has 2 aromatic rings. The third-order valence-corrected chi connectivity index (χ3v) is 3.90. The molecule has 2 rings (SSSR count). The lowest BCUT2D eigenvalue weighted by Gasteiger charge is -2.08. The van der Waals surface area contributed by atoms with E-state index in [2.05, 4.69) is 36.1 Å². The summed E-state index contributed by atoms with van der Waals surface area (Å²) in [6.45, 7) is 3.11. The highest BCUT2D eigenvalue weighted by atomic mass is 32.2. The summed E-state index contributed by atoms with van der Waals surface area (Å²) in [5.74, 6) is 1.09. The first-order valence-corrected chi connectivity index (χ1v) is 8.33. The van der Waals surface area contributed by atoms with E-state index in [1.54, 1.807) is 13.3 Å². The van der Waals surface area contributed by atoms with E-state index in [1.807, 2.05) is 11.6 Å². The largest absolute Gasteiger partial charge is 0.354 e. The van der Waals surface area contributed by atoms with Crippen molar-refractivity contribution in [3.63, 3.8) is 0 Å². The smallest absolute Gasteiger partial charge is 0.314 e. The molecule has 11 heteroatoms. The lowest BCUT2D eigenvalue weighted by molar-refractivity contribution is 0.242. The fraction of sp³-hybridized carbons (Fsp3) is 0.462. The van der Waals surface area contributed by atoms with Gasteiger partial charge >= 0.3 is 6.03 Å². The van der Waals surface area contributed by atoms with Gasteiger partial charge in [0.15, 0.2) is 5.16 Å². The highest BCUT2D eigenvalue weighted by Crippen LogP contribution is 2.11. The van der Waals surface area contributed by atoms with Gasteiger partial charge in [0.05, 0.1) is 0 Å². The zero-order chi connectivity index (χ0) is 17.4. The minimum atomic E-state index is -0.249. The average molecular weight is 352 g/mol.